The highest BCUT2D eigenvalue weighted by molar-refractivity contribution is 7.99. The maximum Gasteiger partial charge on any atom is 0.234 e. The fourth-order valence-electron chi connectivity index (χ4n) is 3.23. The van der Waals surface area contributed by atoms with Gasteiger partial charge in [-0.15, -0.1) is 16.8 Å². The molecule has 4 aromatic rings. The average Bonchev–Trinajstić information content (AvgIpc) is 3.20. The Labute approximate surface area is 205 Å². The quantitative estimate of drug-likeness (QED) is 0.218. The normalized spacial score (nSPS) is 10.8. The van der Waals surface area contributed by atoms with Crippen molar-refractivity contribution in [3.05, 3.63) is 89.2 Å². The molecule has 9 heteroatoms. The number of allylic oxidation sites excluding steroid dienone is 1. The van der Waals surface area contributed by atoms with E-state index in [4.69, 9.17) is 27.9 Å². The summed E-state index contributed by atoms with van der Waals surface area (Å²) in [5.74, 6) is 1.09. The molecule has 0 aliphatic heterocycles. The van der Waals surface area contributed by atoms with E-state index in [0.717, 1.165) is 16.5 Å². The molecule has 0 bridgehead atoms. The van der Waals surface area contributed by atoms with Crippen LogP contribution in [0.5, 0.6) is 5.75 Å². The molecule has 0 aliphatic carbocycles. The third-order valence-corrected chi connectivity index (χ3v) is 6.27. The maximum absolute atomic E-state index is 12.6. The topological polar surface area (TPSA) is 69.0 Å². The highest BCUT2D eigenvalue weighted by Crippen LogP contribution is 2.29. The molecule has 3 aromatic carbocycles. The van der Waals surface area contributed by atoms with Crippen molar-refractivity contribution in [2.45, 2.75) is 18.3 Å². The number of ether oxygens (including phenoxy) is 1. The first-order valence-corrected chi connectivity index (χ1v) is 11.8. The van der Waals surface area contributed by atoms with Crippen molar-refractivity contribution >= 4 is 57.3 Å². The van der Waals surface area contributed by atoms with Crippen LogP contribution >= 0.6 is 35.0 Å². The molecule has 4 rings (SSSR count). The number of nitrogens with zero attached hydrogens (tertiary/aromatic N) is 3. The number of hydrogen-bond donors (Lipinski definition) is 1. The average molecular weight is 499 g/mol. The van der Waals surface area contributed by atoms with Crippen LogP contribution in [0.4, 0.5) is 5.69 Å². The number of rotatable bonds is 9. The Hall–Kier alpha value is -3.00. The first kappa shape index (κ1) is 23.2. The van der Waals surface area contributed by atoms with Crippen LogP contribution in [0.15, 0.2) is 78.5 Å². The van der Waals surface area contributed by atoms with Crippen molar-refractivity contribution in [1.82, 2.24) is 14.8 Å². The molecule has 1 aromatic heterocycles. The van der Waals surface area contributed by atoms with Crippen molar-refractivity contribution < 1.29 is 9.53 Å². The summed E-state index contributed by atoms with van der Waals surface area (Å²) in [7, 11) is 0. The van der Waals surface area contributed by atoms with E-state index in [-0.39, 0.29) is 18.3 Å². The number of amides is 1. The number of thioether (sulfide) groups is 1. The van der Waals surface area contributed by atoms with Gasteiger partial charge in [0, 0.05) is 28.7 Å². The van der Waals surface area contributed by atoms with Crippen molar-refractivity contribution in [1.29, 1.82) is 0 Å². The van der Waals surface area contributed by atoms with Crippen LogP contribution in [0.25, 0.3) is 10.8 Å². The van der Waals surface area contributed by atoms with Crippen LogP contribution in [-0.4, -0.2) is 26.4 Å². The SMILES string of the molecule is C=CCn1c(COc2cc(Cl)ccc2Cl)nnc1SCC(=O)Nc1cccc2ccccc12. The van der Waals surface area contributed by atoms with Gasteiger partial charge >= 0.3 is 0 Å². The van der Waals surface area contributed by atoms with Crippen molar-refractivity contribution in [3.8, 4) is 5.75 Å². The van der Waals surface area contributed by atoms with Gasteiger partial charge in [0.1, 0.15) is 12.4 Å². The van der Waals surface area contributed by atoms with Gasteiger partial charge in [-0.05, 0) is 23.6 Å². The third-order valence-electron chi connectivity index (χ3n) is 4.75. The van der Waals surface area contributed by atoms with E-state index in [1.807, 2.05) is 47.0 Å². The van der Waals surface area contributed by atoms with E-state index in [0.29, 0.717) is 33.3 Å². The van der Waals surface area contributed by atoms with Crippen LogP contribution < -0.4 is 10.1 Å². The first-order valence-electron chi connectivity index (χ1n) is 10.1. The van der Waals surface area contributed by atoms with Crippen molar-refractivity contribution in [2.75, 3.05) is 11.1 Å². The van der Waals surface area contributed by atoms with Gasteiger partial charge in [0.15, 0.2) is 11.0 Å². The Balaban J connectivity index is 1.42. The molecule has 0 saturated carbocycles. The van der Waals surface area contributed by atoms with Crippen molar-refractivity contribution in [2.24, 2.45) is 0 Å². The highest BCUT2D eigenvalue weighted by atomic mass is 35.5. The van der Waals surface area contributed by atoms with Gasteiger partial charge in [0.05, 0.1) is 10.8 Å². The zero-order valence-electron chi connectivity index (χ0n) is 17.5. The van der Waals surface area contributed by atoms with Gasteiger partial charge in [0.2, 0.25) is 5.91 Å². The zero-order valence-corrected chi connectivity index (χ0v) is 19.8. The van der Waals surface area contributed by atoms with Crippen LogP contribution in [0.3, 0.4) is 0 Å². The van der Waals surface area contributed by atoms with Gasteiger partial charge in [-0.1, -0.05) is 77.4 Å². The number of aromatic nitrogens is 3. The Morgan fingerprint density at radius 3 is 2.79 bits per heavy atom. The minimum Gasteiger partial charge on any atom is -0.484 e. The Morgan fingerprint density at radius 1 is 1.12 bits per heavy atom. The van der Waals surface area contributed by atoms with Gasteiger partial charge in [-0.2, -0.15) is 0 Å². The van der Waals surface area contributed by atoms with E-state index in [1.54, 1.807) is 24.3 Å². The van der Waals surface area contributed by atoms with Gasteiger partial charge in [-0.25, -0.2) is 0 Å². The molecule has 0 spiro atoms. The second-order valence-electron chi connectivity index (χ2n) is 7.03. The predicted octanol–water partition coefficient (Wildman–Crippen LogP) is 6.23. The Kier molecular flexibility index (Phi) is 7.54. The second-order valence-corrected chi connectivity index (χ2v) is 8.81. The van der Waals surface area contributed by atoms with Crippen LogP contribution in [-0.2, 0) is 17.9 Å². The monoisotopic (exact) mass is 498 g/mol. The number of hydrogen-bond acceptors (Lipinski definition) is 5. The van der Waals surface area contributed by atoms with E-state index >= 15 is 0 Å². The predicted molar refractivity (Wildman–Crippen MR) is 134 cm³/mol. The lowest BCUT2D eigenvalue weighted by Gasteiger charge is -2.11. The Morgan fingerprint density at radius 2 is 1.94 bits per heavy atom. The molecule has 0 saturated heterocycles. The summed E-state index contributed by atoms with van der Waals surface area (Å²) in [4.78, 5) is 12.6. The number of halogens is 2. The molecule has 0 unspecified atom stereocenters. The summed E-state index contributed by atoms with van der Waals surface area (Å²) in [6, 6.07) is 18.7. The number of fused-ring (bicyclic) bond motifs is 1. The lowest BCUT2D eigenvalue weighted by atomic mass is 10.1. The summed E-state index contributed by atoms with van der Waals surface area (Å²) in [6.07, 6.45) is 1.74. The number of nitrogens with one attached hydrogen (secondary N) is 1. The molecule has 1 heterocycles. The summed E-state index contributed by atoms with van der Waals surface area (Å²) in [5, 5.41) is 15.1. The number of benzene rings is 3. The largest absolute Gasteiger partial charge is 0.484 e. The molecule has 168 valence electrons. The minimum atomic E-state index is -0.131. The van der Waals surface area contributed by atoms with Crippen molar-refractivity contribution in [3.63, 3.8) is 0 Å². The molecule has 6 nitrogen and oxygen atoms in total. The first-order chi connectivity index (χ1) is 16.0. The molecule has 1 amide bonds. The number of carbonyl (C=O) groups excluding carboxylic acids is 1. The fraction of sp³-hybridized carbons (Fsp3) is 0.125. The third kappa shape index (κ3) is 5.68. The molecular weight excluding hydrogens is 479 g/mol. The standard InChI is InChI=1S/C24H20Cl2N4O2S/c1-2-12-30-22(14-32-21-13-17(25)10-11-19(21)26)28-29-24(30)33-15-23(31)27-20-9-5-7-16-6-3-4-8-18(16)20/h2-11,13H,1,12,14-15H2,(H,27,31). The molecule has 0 aliphatic rings. The summed E-state index contributed by atoms with van der Waals surface area (Å²) in [5.41, 5.74) is 0.777. The lowest BCUT2D eigenvalue weighted by Crippen LogP contribution is -2.15. The Bertz CT molecular complexity index is 1300. The van der Waals surface area contributed by atoms with Gasteiger partial charge in [0.25, 0.3) is 0 Å². The van der Waals surface area contributed by atoms with E-state index < -0.39 is 0 Å². The number of anilines is 1. The van der Waals surface area contributed by atoms with E-state index in [9.17, 15) is 4.79 Å². The maximum atomic E-state index is 12.6. The smallest absolute Gasteiger partial charge is 0.234 e. The molecule has 33 heavy (non-hydrogen) atoms. The minimum absolute atomic E-state index is 0.131. The summed E-state index contributed by atoms with van der Waals surface area (Å²) in [6.45, 7) is 4.41. The molecular formula is C24H20Cl2N4O2S. The molecule has 0 radical (unpaired) electrons. The second kappa shape index (κ2) is 10.7. The van der Waals surface area contributed by atoms with E-state index in [1.165, 1.54) is 11.8 Å². The molecule has 1 N–H and O–H groups in total. The molecule has 0 fully saturated rings. The number of carbonyl (C=O) groups is 1. The van der Waals surface area contributed by atoms with Crippen LogP contribution in [0, 0.1) is 0 Å². The molecule has 0 atom stereocenters. The van der Waals surface area contributed by atoms with Crippen LogP contribution in [0.1, 0.15) is 5.82 Å². The fourth-order valence-corrected chi connectivity index (χ4v) is 4.33. The van der Waals surface area contributed by atoms with E-state index in [2.05, 4.69) is 22.1 Å². The van der Waals surface area contributed by atoms with Gasteiger partial charge in [-0.3, -0.25) is 9.36 Å². The zero-order chi connectivity index (χ0) is 23.2. The van der Waals surface area contributed by atoms with Gasteiger partial charge < -0.3 is 10.1 Å². The summed E-state index contributed by atoms with van der Waals surface area (Å²) >= 11 is 13.5. The lowest BCUT2D eigenvalue weighted by molar-refractivity contribution is -0.113. The summed E-state index contributed by atoms with van der Waals surface area (Å²) < 4.78 is 7.64. The highest BCUT2D eigenvalue weighted by Gasteiger charge is 2.15. The van der Waals surface area contributed by atoms with Crippen LogP contribution in [0.2, 0.25) is 10.0 Å².